The maximum Gasteiger partial charge on any atom is 0.265 e. The highest BCUT2D eigenvalue weighted by atomic mass is 16.5. The van der Waals surface area contributed by atoms with Crippen LogP contribution in [0.1, 0.15) is 20.8 Å². The van der Waals surface area contributed by atoms with Crippen LogP contribution in [-0.4, -0.2) is 31.6 Å². The van der Waals surface area contributed by atoms with Crippen molar-refractivity contribution in [2.45, 2.75) is 26.8 Å². The van der Waals surface area contributed by atoms with Gasteiger partial charge in [0.15, 0.2) is 6.61 Å². The Morgan fingerprint density at radius 1 is 1.32 bits per heavy atom. The molecule has 1 heterocycles. The van der Waals surface area contributed by atoms with Crippen LogP contribution in [0.25, 0.3) is 0 Å². The van der Waals surface area contributed by atoms with Gasteiger partial charge in [-0.2, -0.15) is 0 Å². The molecule has 0 fully saturated rings. The molecule has 1 N–H and O–H groups in total. The van der Waals surface area contributed by atoms with Gasteiger partial charge in [-0.3, -0.25) is 4.79 Å². The van der Waals surface area contributed by atoms with E-state index in [1.54, 1.807) is 0 Å². The number of carbonyl (C=O) groups excluding carboxylic acids is 1. The third kappa shape index (κ3) is 3.47. The number of amides is 1. The monoisotopic (exact) mass is 262 g/mol. The van der Waals surface area contributed by atoms with Crippen molar-refractivity contribution in [1.82, 2.24) is 5.32 Å². The molecule has 1 aliphatic heterocycles. The molecule has 4 nitrogen and oxygen atoms in total. The standard InChI is InChI=1S/C15H22N2O2/c1-11(2)16-8-12(3)9-17-13-6-4-5-7-14(13)19-10-15(17)18/h4-7,11-12,16H,8-10H2,1-3H3. The molecule has 1 atom stereocenters. The van der Waals surface area contributed by atoms with Crippen molar-refractivity contribution in [3.05, 3.63) is 24.3 Å². The quantitative estimate of drug-likeness (QED) is 0.883. The Bertz CT molecular complexity index is 446. The first-order chi connectivity index (χ1) is 9.08. The molecule has 1 aliphatic rings. The van der Waals surface area contributed by atoms with E-state index in [0.29, 0.717) is 12.0 Å². The SMILES string of the molecule is CC(CNC(C)C)CN1C(=O)COc2ccccc21. The smallest absolute Gasteiger partial charge is 0.265 e. The van der Waals surface area contributed by atoms with E-state index >= 15 is 0 Å². The van der Waals surface area contributed by atoms with E-state index in [4.69, 9.17) is 4.74 Å². The Morgan fingerprint density at radius 3 is 2.79 bits per heavy atom. The summed E-state index contributed by atoms with van der Waals surface area (Å²) < 4.78 is 5.44. The Labute approximate surface area is 114 Å². The van der Waals surface area contributed by atoms with E-state index in [2.05, 4.69) is 26.1 Å². The zero-order valence-electron chi connectivity index (χ0n) is 11.8. The second-order valence-electron chi connectivity index (χ2n) is 5.43. The fourth-order valence-electron chi connectivity index (χ4n) is 2.17. The lowest BCUT2D eigenvalue weighted by atomic mass is 10.1. The Kier molecular flexibility index (Phi) is 4.43. The number of fused-ring (bicyclic) bond motifs is 1. The van der Waals surface area contributed by atoms with Crippen LogP contribution in [0.2, 0.25) is 0 Å². The Hall–Kier alpha value is -1.55. The van der Waals surface area contributed by atoms with E-state index in [1.165, 1.54) is 0 Å². The number of benzene rings is 1. The first-order valence-corrected chi connectivity index (χ1v) is 6.83. The summed E-state index contributed by atoms with van der Waals surface area (Å²) in [6, 6.07) is 8.18. The first kappa shape index (κ1) is 13.9. The summed E-state index contributed by atoms with van der Waals surface area (Å²) in [5.74, 6) is 1.23. The van der Waals surface area contributed by atoms with Crippen LogP contribution in [0.5, 0.6) is 5.75 Å². The fraction of sp³-hybridized carbons (Fsp3) is 0.533. The molecule has 0 aromatic heterocycles. The first-order valence-electron chi connectivity index (χ1n) is 6.83. The number of carbonyl (C=O) groups is 1. The molecule has 104 valence electrons. The zero-order valence-corrected chi connectivity index (χ0v) is 11.8. The van der Waals surface area contributed by atoms with E-state index in [-0.39, 0.29) is 12.5 Å². The van der Waals surface area contributed by atoms with Crippen LogP contribution in [0.3, 0.4) is 0 Å². The van der Waals surface area contributed by atoms with Gasteiger partial charge in [0, 0.05) is 12.6 Å². The van der Waals surface area contributed by atoms with Gasteiger partial charge in [0.25, 0.3) is 5.91 Å². The lowest BCUT2D eigenvalue weighted by Gasteiger charge is -2.31. The minimum Gasteiger partial charge on any atom is -0.482 e. The summed E-state index contributed by atoms with van der Waals surface area (Å²) >= 11 is 0. The number of hydrogen-bond donors (Lipinski definition) is 1. The molecular formula is C15H22N2O2. The second kappa shape index (κ2) is 6.06. The molecular weight excluding hydrogens is 240 g/mol. The lowest BCUT2D eigenvalue weighted by Crippen LogP contribution is -2.43. The van der Waals surface area contributed by atoms with Crippen molar-refractivity contribution in [2.24, 2.45) is 5.92 Å². The van der Waals surface area contributed by atoms with Crippen molar-refractivity contribution < 1.29 is 9.53 Å². The molecule has 2 rings (SSSR count). The molecule has 0 radical (unpaired) electrons. The van der Waals surface area contributed by atoms with E-state index < -0.39 is 0 Å². The van der Waals surface area contributed by atoms with Gasteiger partial charge in [0.2, 0.25) is 0 Å². The van der Waals surface area contributed by atoms with Crippen molar-refractivity contribution >= 4 is 11.6 Å². The second-order valence-corrected chi connectivity index (χ2v) is 5.43. The highest BCUT2D eigenvalue weighted by molar-refractivity contribution is 5.97. The van der Waals surface area contributed by atoms with E-state index in [9.17, 15) is 4.79 Å². The highest BCUT2D eigenvalue weighted by Gasteiger charge is 2.26. The molecule has 0 saturated heterocycles. The number of ether oxygens (including phenoxy) is 1. The Morgan fingerprint density at radius 2 is 2.05 bits per heavy atom. The number of anilines is 1. The van der Waals surface area contributed by atoms with Crippen molar-refractivity contribution in [3.8, 4) is 5.75 Å². The van der Waals surface area contributed by atoms with Gasteiger partial charge in [-0.25, -0.2) is 0 Å². The largest absolute Gasteiger partial charge is 0.482 e. The van der Waals surface area contributed by atoms with Gasteiger partial charge in [-0.1, -0.05) is 32.9 Å². The van der Waals surface area contributed by atoms with Crippen LogP contribution < -0.4 is 15.0 Å². The van der Waals surface area contributed by atoms with Crippen LogP contribution >= 0.6 is 0 Å². The highest BCUT2D eigenvalue weighted by Crippen LogP contribution is 2.31. The van der Waals surface area contributed by atoms with Crippen LogP contribution in [-0.2, 0) is 4.79 Å². The molecule has 1 aromatic carbocycles. The zero-order chi connectivity index (χ0) is 13.8. The van der Waals surface area contributed by atoms with Gasteiger partial charge >= 0.3 is 0 Å². The normalized spacial score (nSPS) is 16.2. The maximum absolute atomic E-state index is 12.0. The van der Waals surface area contributed by atoms with Gasteiger partial charge in [-0.05, 0) is 24.6 Å². The summed E-state index contributed by atoms with van der Waals surface area (Å²) in [7, 11) is 0. The molecule has 0 spiro atoms. The predicted octanol–water partition coefficient (Wildman–Crippen LogP) is 2.05. The summed E-state index contributed by atoms with van der Waals surface area (Å²) in [6.45, 7) is 8.18. The molecule has 4 heteroatoms. The average molecular weight is 262 g/mol. The fourth-order valence-corrected chi connectivity index (χ4v) is 2.17. The maximum atomic E-state index is 12.0. The van der Waals surface area contributed by atoms with Crippen LogP contribution in [0, 0.1) is 5.92 Å². The third-order valence-corrected chi connectivity index (χ3v) is 3.18. The number of para-hydroxylation sites is 2. The molecule has 1 unspecified atom stereocenters. The molecule has 0 saturated carbocycles. The van der Waals surface area contributed by atoms with Crippen molar-refractivity contribution in [2.75, 3.05) is 24.6 Å². The number of nitrogens with zero attached hydrogens (tertiary/aromatic N) is 1. The third-order valence-electron chi connectivity index (χ3n) is 3.18. The topological polar surface area (TPSA) is 41.6 Å². The van der Waals surface area contributed by atoms with Crippen LogP contribution in [0.4, 0.5) is 5.69 Å². The lowest BCUT2D eigenvalue weighted by molar-refractivity contribution is -0.121. The van der Waals surface area contributed by atoms with Crippen molar-refractivity contribution in [1.29, 1.82) is 0 Å². The van der Waals surface area contributed by atoms with Gasteiger partial charge in [-0.15, -0.1) is 0 Å². The van der Waals surface area contributed by atoms with Crippen molar-refractivity contribution in [3.63, 3.8) is 0 Å². The van der Waals surface area contributed by atoms with Gasteiger partial charge in [0.05, 0.1) is 5.69 Å². The average Bonchev–Trinajstić information content (AvgIpc) is 2.40. The number of nitrogens with one attached hydrogen (secondary N) is 1. The van der Waals surface area contributed by atoms with Gasteiger partial charge < -0.3 is 15.0 Å². The minimum absolute atomic E-state index is 0.0371. The summed E-state index contributed by atoms with van der Waals surface area (Å²) in [5.41, 5.74) is 0.884. The molecule has 0 aliphatic carbocycles. The molecule has 1 amide bonds. The van der Waals surface area contributed by atoms with Gasteiger partial charge in [0.1, 0.15) is 5.75 Å². The van der Waals surface area contributed by atoms with E-state index in [1.807, 2.05) is 29.2 Å². The number of hydrogen-bond acceptors (Lipinski definition) is 3. The number of rotatable bonds is 5. The minimum atomic E-state index is 0.0371. The molecule has 1 aromatic rings. The molecule has 0 bridgehead atoms. The summed E-state index contributed by atoms with van der Waals surface area (Å²) in [6.07, 6.45) is 0. The predicted molar refractivity (Wildman–Crippen MR) is 76.6 cm³/mol. The summed E-state index contributed by atoms with van der Waals surface area (Å²) in [5, 5.41) is 3.40. The van der Waals surface area contributed by atoms with Crippen LogP contribution in [0.15, 0.2) is 24.3 Å². The molecule has 19 heavy (non-hydrogen) atoms. The van der Waals surface area contributed by atoms with E-state index in [0.717, 1.165) is 24.5 Å². The Balaban J connectivity index is 2.05. The summed E-state index contributed by atoms with van der Waals surface area (Å²) in [4.78, 5) is 13.8.